The van der Waals surface area contributed by atoms with Crippen LogP contribution in [0, 0.1) is 12.7 Å². The fraction of sp³-hybridized carbons (Fsp3) is 0.208. The van der Waals surface area contributed by atoms with Gasteiger partial charge < -0.3 is 14.4 Å². The molecule has 2 aromatic heterocycles. The van der Waals surface area contributed by atoms with E-state index in [1.54, 1.807) is 30.7 Å². The maximum Gasteiger partial charge on any atom is 0.322 e. The van der Waals surface area contributed by atoms with Gasteiger partial charge in [0.2, 0.25) is 0 Å². The highest BCUT2D eigenvalue weighted by atomic mass is 19.1. The number of aryl methyl sites for hydroxylation is 1. The molecule has 0 bridgehead atoms. The second-order valence-corrected chi connectivity index (χ2v) is 7.24. The van der Waals surface area contributed by atoms with Crippen LogP contribution in [0.15, 0.2) is 67.1 Å². The predicted molar refractivity (Wildman–Crippen MR) is 116 cm³/mol. The van der Waals surface area contributed by atoms with Gasteiger partial charge in [0.1, 0.15) is 11.6 Å². The van der Waals surface area contributed by atoms with Crippen molar-refractivity contribution in [2.45, 2.75) is 26.3 Å². The quantitative estimate of drug-likeness (QED) is 0.447. The molecule has 31 heavy (non-hydrogen) atoms. The maximum absolute atomic E-state index is 13.5. The van der Waals surface area contributed by atoms with Crippen LogP contribution in [0.2, 0.25) is 0 Å². The number of ether oxygens (including phenoxy) is 1. The number of hydrogen-bond acceptors (Lipinski definition) is 5. The van der Waals surface area contributed by atoms with Crippen LogP contribution in [0.3, 0.4) is 0 Å². The summed E-state index contributed by atoms with van der Waals surface area (Å²) in [6, 6.07) is 15.6. The molecular weight excluding hydrogens is 395 g/mol. The smallest absolute Gasteiger partial charge is 0.322 e. The van der Waals surface area contributed by atoms with Gasteiger partial charge in [-0.3, -0.25) is 0 Å². The summed E-state index contributed by atoms with van der Waals surface area (Å²) >= 11 is 0. The topological polar surface area (TPSA) is 73.1 Å². The van der Waals surface area contributed by atoms with Crippen LogP contribution in [-0.4, -0.2) is 31.2 Å². The highest BCUT2D eigenvalue weighted by Gasteiger charge is 2.21. The minimum atomic E-state index is -0.317. The Hall–Kier alpha value is -3.58. The monoisotopic (exact) mass is 418 g/mol. The summed E-state index contributed by atoms with van der Waals surface area (Å²) in [5.41, 5.74) is 3.84. The zero-order valence-corrected chi connectivity index (χ0v) is 17.4. The van der Waals surface area contributed by atoms with Crippen LogP contribution in [-0.2, 0) is 0 Å². The van der Waals surface area contributed by atoms with Crippen LogP contribution in [0.1, 0.15) is 24.9 Å². The van der Waals surface area contributed by atoms with E-state index in [1.165, 1.54) is 12.1 Å². The third-order valence-electron chi connectivity index (χ3n) is 5.09. The van der Waals surface area contributed by atoms with Gasteiger partial charge in [-0.2, -0.15) is 4.98 Å². The number of aromatic nitrogens is 4. The molecule has 158 valence electrons. The number of imidazole rings is 1. The first-order valence-corrected chi connectivity index (χ1v) is 10.1. The van der Waals surface area contributed by atoms with Gasteiger partial charge in [0.15, 0.2) is 0 Å². The third kappa shape index (κ3) is 4.46. The number of rotatable bonds is 7. The summed E-state index contributed by atoms with van der Waals surface area (Å²) in [6.07, 6.45) is 4.01. The summed E-state index contributed by atoms with van der Waals surface area (Å²) in [7, 11) is 0. The van der Waals surface area contributed by atoms with E-state index in [2.05, 4.69) is 15.0 Å². The Morgan fingerprint density at radius 1 is 1.03 bits per heavy atom. The molecule has 1 atom stereocenters. The van der Waals surface area contributed by atoms with E-state index in [0.717, 1.165) is 11.1 Å². The van der Waals surface area contributed by atoms with Crippen molar-refractivity contribution in [2.75, 3.05) is 6.61 Å². The summed E-state index contributed by atoms with van der Waals surface area (Å²) in [5.74, 6) is 0.319. The molecule has 4 aromatic rings. The molecule has 4 rings (SSSR count). The molecule has 0 fully saturated rings. The van der Waals surface area contributed by atoms with Crippen molar-refractivity contribution in [2.24, 2.45) is 0 Å². The van der Waals surface area contributed by atoms with E-state index in [-0.39, 0.29) is 24.5 Å². The summed E-state index contributed by atoms with van der Waals surface area (Å²) in [4.78, 5) is 13.4. The lowest BCUT2D eigenvalue weighted by Crippen LogP contribution is -2.13. The molecule has 0 spiro atoms. The van der Waals surface area contributed by atoms with Gasteiger partial charge in [-0.05, 0) is 55.8 Å². The molecule has 2 heterocycles. The maximum atomic E-state index is 13.5. The molecule has 0 saturated heterocycles. The fourth-order valence-corrected chi connectivity index (χ4v) is 3.36. The van der Waals surface area contributed by atoms with Gasteiger partial charge in [0, 0.05) is 11.8 Å². The van der Waals surface area contributed by atoms with E-state index in [4.69, 9.17) is 4.74 Å². The fourth-order valence-electron chi connectivity index (χ4n) is 3.36. The molecule has 0 aliphatic heterocycles. The average molecular weight is 418 g/mol. The Labute approximate surface area is 180 Å². The van der Waals surface area contributed by atoms with Gasteiger partial charge in [-0.25, -0.2) is 14.4 Å². The molecule has 2 aromatic carbocycles. The lowest BCUT2D eigenvalue weighted by Gasteiger charge is -2.18. The molecule has 0 unspecified atom stereocenters. The van der Waals surface area contributed by atoms with Crippen LogP contribution in [0.5, 0.6) is 11.8 Å². The molecule has 0 radical (unpaired) electrons. The number of hydrogen-bond donors (Lipinski definition) is 1. The normalized spacial score (nSPS) is 12.0. The van der Waals surface area contributed by atoms with Gasteiger partial charge in [0.25, 0.3) is 0 Å². The van der Waals surface area contributed by atoms with Gasteiger partial charge in [0.05, 0.1) is 36.1 Å². The second-order valence-electron chi connectivity index (χ2n) is 7.24. The molecule has 0 aliphatic carbocycles. The van der Waals surface area contributed by atoms with Crippen molar-refractivity contribution in [1.29, 1.82) is 0 Å². The van der Waals surface area contributed by atoms with E-state index in [9.17, 15) is 9.50 Å². The van der Waals surface area contributed by atoms with Crippen LogP contribution in [0.4, 0.5) is 4.39 Å². The highest BCUT2D eigenvalue weighted by Crippen LogP contribution is 2.34. The first-order chi connectivity index (χ1) is 15.1. The molecule has 6 nitrogen and oxygen atoms in total. The number of benzene rings is 2. The lowest BCUT2D eigenvalue weighted by atomic mass is 10.1. The van der Waals surface area contributed by atoms with Crippen LogP contribution < -0.4 is 4.74 Å². The first kappa shape index (κ1) is 20.7. The van der Waals surface area contributed by atoms with Crippen LogP contribution in [0.25, 0.3) is 22.6 Å². The predicted octanol–water partition coefficient (Wildman–Crippen LogP) is 5.19. The number of aliphatic hydroxyl groups is 1. The average Bonchev–Trinajstić information content (AvgIpc) is 3.22. The Morgan fingerprint density at radius 2 is 1.77 bits per heavy atom. The lowest BCUT2D eigenvalue weighted by molar-refractivity contribution is 0.225. The van der Waals surface area contributed by atoms with Crippen molar-refractivity contribution in [1.82, 2.24) is 19.5 Å². The summed E-state index contributed by atoms with van der Waals surface area (Å²) in [5, 5.41) is 9.88. The Kier molecular flexibility index (Phi) is 6.04. The molecule has 0 amide bonds. The molecule has 1 N–H and O–H groups in total. The van der Waals surface area contributed by atoms with E-state index < -0.39 is 0 Å². The van der Waals surface area contributed by atoms with Gasteiger partial charge in [-0.15, -0.1) is 0 Å². The third-order valence-corrected chi connectivity index (χ3v) is 5.09. The van der Waals surface area contributed by atoms with Crippen LogP contribution >= 0.6 is 0 Å². The second kappa shape index (κ2) is 9.06. The Balaban J connectivity index is 1.79. The Morgan fingerprint density at radius 3 is 2.45 bits per heavy atom. The van der Waals surface area contributed by atoms with Crippen molar-refractivity contribution in [3.63, 3.8) is 0 Å². The zero-order chi connectivity index (χ0) is 21.8. The molecule has 7 heteroatoms. The minimum absolute atomic E-state index is 0.0411. The van der Waals surface area contributed by atoms with E-state index in [0.29, 0.717) is 29.3 Å². The van der Waals surface area contributed by atoms with Gasteiger partial charge >= 0.3 is 6.01 Å². The van der Waals surface area contributed by atoms with Crippen molar-refractivity contribution in [3.8, 4) is 34.4 Å². The van der Waals surface area contributed by atoms with Gasteiger partial charge in [-0.1, -0.05) is 24.6 Å². The highest BCUT2D eigenvalue weighted by molar-refractivity contribution is 5.77. The Bertz CT molecular complexity index is 1150. The summed E-state index contributed by atoms with van der Waals surface area (Å²) < 4.78 is 21.2. The molecular formula is C24H23FN4O2. The molecule has 0 aliphatic rings. The SMILES string of the molecule is CC[C@H](CO)n1cnc(-c2ccc(F)cc2)c1-c1ccnc(Oc2ccc(C)cc2)n1. The van der Waals surface area contributed by atoms with Crippen molar-refractivity contribution >= 4 is 0 Å². The molecule has 0 saturated carbocycles. The zero-order valence-electron chi connectivity index (χ0n) is 17.4. The van der Waals surface area contributed by atoms with E-state index >= 15 is 0 Å². The number of halogens is 1. The van der Waals surface area contributed by atoms with Crippen molar-refractivity contribution in [3.05, 3.63) is 78.5 Å². The first-order valence-electron chi connectivity index (χ1n) is 10.1. The van der Waals surface area contributed by atoms with E-state index in [1.807, 2.05) is 42.7 Å². The number of aliphatic hydroxyl groups excluding tert-OH is 1. The van der Waals surface area contributed by atoms with Crippen molar-refractivity contribution < 1.29 is 14.2 Å². The summed E-state index contributed by atoms with van der Waals surface area (Å²) in [6.45, 7) is 3.96. The number of nitrogens with zero attached hydrogens (tertiary/aromatic N) is 4. The largest absolute Gasteiger partial charge is 0.424 e. The standard InChI is InChI=1S/C24H23FN4O2/c1-3-19(14-30)29-15-27-22(17-6-8-18(25)9-7-17)23(29)21-12-13-26-24(28-21)31-20-10-4-16(2)5-11-20/h4-13,15,19,30H,3,14H2,1-2H3/t19-/m1/s1. The minimum Gasteiger partial charge on any atom is -0.424 e.